The van der Waals surface area contributed by atoms with Gasteiger partial charge in [-0.25, -0.2) is 8.93 Å². The average Bonchev–Trinajstić information content (AvgIpc) is 2.71. The second-order valence-electron chi connectivity index (χ2n) is 4.83. The van der Waals surface area contributed by atoms with Gasteiger partial charge in [-0.3, -0.25) is 0 Å². The van der Waals surface area contributed by atoms with Crippen LogP contribution in [0.3, 0.4) is 0 Å². The molecular formula is C14H25NO2S2. The minimum atomic E-state index is -1.19. The molecule has 0 saturated carbocycles. The molecule has 0 amide bonds. The molecule has 1 unspecified atom stereocenters. The zero-order chi connectivity index (χ0) is 15.2. The van der Waals surface area contributed by atoms with Crippen LogP contribution in [0.2, 0.25) is 0 Å². The van der Waals surface area contributed by atoms with Crippen molar-refractivity contribution in [3.05, 3.63) is 23.1 Å². The normalized spacial score (nSPS) is 12.4. The Bertz CT molecular complexity index is 445. The lowest BCUT2D eigenvalue weighted by Crippen LogP contribution is -2.36. The topological polar surface area (TPSA) is 38.3 Å². The number of nitrogens with one attached hydrogen (secondary N) is 1. The van der Waals surface area contributed by atoms with E-state index in [1.54, 1.807) is 7.11 Å². The summed E-state index contributed by atoms with van der Waals surface area (Å²) < 4.78 is 21.1. The maximum Gasteiger partial charge on any atom is 0.135 e. The van der Waals surface area contributed by atoms with Gasteiger partial charge in [0.15, 0.2) is 0 Å². The summed E-state index contributed by atoms with van der Waals surface area (Å²) in [4.78, 5) is 0.920. The highest BCUT2D eigenvalue weighted by Gasteiger charge is 2.19. The van der Waals surface area contributed by atoms with Crippen LogP contribution in [-0.4, -0.2) is 16.9 Å². The smallest absolute Gasteiger partial charge is 0.135 e. The number of rotatable bonds is 4. The van der Waals surface area contributed by atoms with Crippen LogP contribution in [0.15, 0.2) is 16.9 Å². The molecule has 0 aliphatic rings. The van der Waals surface area contributed by atoms with Crippen molar-refractivity contribution in [1.29, 1.82) is 0 Å². The first-order chi connectivity index (χ1) is 8.74. The van der Waals surface area contributed by atoms with Gasteiger partial charge in [0, 0.05) is 5.54 Å². The number of hydrogen-bond donors (Lipinski definition) is 1. The summed E-state index contributed by atoms with van der Waals surface area (Å²) in [5.41, 5.74) is 0.818. The van der Waals surface area contributed by atoms with E-state index in [4.69, 9.17) is 4.74 Å². The zero-order valence-electron chi connectivity index (χ0n) is 12.9. The van der Waals surface area contributed by atoms with Gasteiger partial charge in [-0.05, 0) is 39.3 Å². The Hall–Kier alpha value is -0.650. The first kappa shape index (κ1) is 18.4. The van der Waals surface area contributed by atoms with Crippen LogP contribution in [0.1, 0.15) is 45.1 Å². The Labute approximate surface area is 123 Å². The first-order valence-electron chi connectivity index (χ1n) is 6.28. The molecule has 0 saturated heterocycles. The Balaban J connectivity index is 0.00000154. The van der Waals surface area contributed by atoms with Crippen LogP contribution in [0, 0.1) is 6.92 Å². The maximum absolute atomic E-state index is 12.1. The Kier molecular flexibility index (Phi) is 7.55. The number of ether oxygens (including phenoxy) is 1. The molecule has 19 heavy (non-hydrogen) atoms. The zero-order valence-corrected chi connectivity index (χ0v) is 14.6. The van der Waals surface area contributed by atoms with E-state index in [0.717, 1.165) is 14.6 Å². The van der Waals surface area contributed by atoms with E-state index in [0.29, 0.717) is 5.76 Å². The standard InChI is InChI=1S/C12H19NO2S2.C2H6/c1-8-7-10(9(2)15-6)16-11(8)17(14)13-12(3,4)5;1-2/h7,13H,2H2,1,3-6H3;1-2H3. The Morgan fingerprint density at radius 1 is 1.42 bits per heavy atom. The number of thiophene rings is 1. The molecule has 1 atom stereocenters. The molecule has 0 bridgehead atoms. The highest BCUT2D eigenvalue weighted by atomic mass is 32.2. The van der Waals surface area contributed by atoms with Gasteiger partial charge in [0.25, 0.3) is 0 Å². The van der Waals surface area contributed by atoms with Gasteiger partial charge in [-0.2, -0.15) is 0 Å². The molecule has 0 aliphatic heterocycles. The van der Waals surface area contributed by atoms with E-state index in [9.17, 15) is 4.21 Å². The number of hydrogen-bond acceptors (Lipinski definition) is 3. The minimum absolute atomic E-state index is 0.181. The third-order valence-electron chi connectivity index (χ3n) is 1.96. The van der Waals surface area contributed by atoms with Crippen LogP contribution in [0.4, 0.5) is 0 Å². The van der Waals surface area contributed by atoms with Gasteiger partial charge in [0.1, 0.15) is 21.0 Å². The summed E-state index contributed by atoms with van der Waals surface area (Å²) in [7, 11) is 0.394. The van der Waals surface area contributed by atoms with Crippen molar-refractivity contribution in [3.63, 3.8) is 0 Å². The van der Waals surface area contributed by atoms with Crippen molar-refractivity contribution >= 4 is 28.1 Å². The Morgan fingerprint density at radius 3 is 2.37 bits per heavy atom. The quantitative estimate of drug-likeness (QED) is 0.850. The fourth-order valence-electron chi connectivity index (χ4n) is 1.21. The number of aryl methyl sites for hydroxylation is 1. The molecule has 1 aromatic heterocycles. The van der Waals surface area contributed by atoms with E-state index in [2.05, 4.69) is 11.3 Å². The van der Waals surface area contributed by atoms with Crippen molar-refractivity contribution in [3.8, 4) is 0 Å². The molecule has 0 spiro atoms. The fraction of sp³-hybridized carbons (Fsp3) is 0.571. The lowest BCUT2D eigenvalue weighted by Gasteiger charge is -2.19. The average molecular weight is 303 g/mol. The van der Waals surface area contributed by atoms with E-state index in [1.807, 2.05) is 47.6 Å². The lowest BCUT2D eigenvalue weighted by atomic mass is 10.1. The second kappa shape index (κ2) is 7.82. The molecular weight excluding hydrogens is 278 g/mol. The van der Waals surface area contributed by atoms with Gasteiger partial charge in [0.2, 0.25) is 0 Å². The minimum Gasteiger partial charge on any atom is -0.496 e. The summed E-state index contributed by atoms with van der Waals surface area (Å²) in [5, 5.41) is 0. The molecule has 1 N–H and O–H groups in total. The van der Waals surface area contributed by atoms with Crippen molar-refractivity contribution in [2.24, 2.45) is 0 Å². The van der Waals surface area contributed by atoms with Crippen molar-refractivity contribution in [1.82, 2.24) is 4.72 Å². The largest absolute Gasteiger partial charge is 0.496 e. The van der Waals surface area contributed by atoms with Gasteiger partial charge < -0.3 is 4.74 Å². The van der Waals surface area contributed by atoms with Gasteiger partial charge in [0.05, 0.1) is 12.0 Å². The van der Waals surface area contributed by atoms with Crippen molar-refractivity contribution in [2.75, 3.05) is 7.11 Å². The van der Waals surface area contributed by atoms with Gasteiger partial charge in [-0.1, -0.05) is 20.4 Å². The second-order valence-corrected chi connectivity index (χ2v) is 7.29. The summed E-state index contributed by atoms with van der Waals surface area (Å²) >= 11 is 1.45. The van der Waals surface area contributed by atoms with E-state index in [-0.39, 0.29) is 5.54 Å². The highest BCUT2D eigenvalue weighted by Crippen LogP contribution is 2.29. The maximum atomic E-state index is 12.1. The first-order valence-corrected chi connectivity index (χ1v) is 8.24. The number of methoxy groups -OCH3 is 1. The molecule has 0 radical (unpaired) electrons. The molecule has 1 heterocycles. The Morgan fingerprint density at radius 2 is 1.95 bits per heavy atom. The summed E-state index contributed by atoms with van der Waals surface area (Å²) in [5.74, 6) is 0.608. The third-order valence-corrected chi connectivity index (χ3v) is 5.19. The molecule has 0 aromatic carbocycles. The molecule has 5 heteroatoms. The van der Waals surface area contributed by atoms with Crippen LogP contribution >= 0.6 is 11.3 Å². The van der Waals surface area contributed by atoms with Crippen LogP contribution in [0.5, 0.6) is 0 Å². The predicted octanol–water partition coefficient (Wildman–Crippen LogP) is 4.11. The van der Waals surface area contributed by atoms with E-state index in [1.165, 1.54) is 11.3 Å². The lowest BCUT2D eigenvalue weighted by molar-refractivity contribution is 0.372. The predicted molar refractivity (Wildman–Crippen MR) is 85.7 cm³/mol. The van der Waals surface area contributed by atoms with Crippen molar-refractivity contribution < 1.29 is 8.95 Å². The molecule has 0 aliphatic carbocycles. The fourth-order valence-corrected chi connectivity index (χ4v) is 3.76. The molecule has 110 valence electrons. The molecule has 0 fully saturated rings. The summed E-state index contributed by atoms with van der Waals surface area (Å²) in [6.45, 7) is 15.7. The molecule has 3 nitrogen and oxygen atoms in total. The third kappa shape index (κ3) is 5.89. The molecule has 1 aromatic rings. The van der Waals surface area contributed by atoms with Crippen LogP contribution in [-0.2, 0) is 15.7 Å². The SMILES string of the molecule is C=C(OC)c1cc(C)c(S(=O)NC(C)(C)C)s1.CC. The molecule has 1 rings (SSSR count). The van der Waals surface area contributed by atoms with Crippen LogP contribution < -0.4 is 4.72 Å². The summed E-state index contributed by atoms with van der Waals surface area (Å²) in [6, 6.07) is 1.95. The summed E-state index contributed by atoms with van der Waals surface area (Å²) in [6.07, 6.45) is 0. The van der Waals surface area contributed by atoms with E-state index >= 15 is 0 Å². The van der Waals surface area contributed by atoms with Gasteiger partial charge >= 0.3 is 0 Å². The van der Waals surface area contributed by atoms with Crippen molar-refractivity contribution in [2.45, 2.75) is 51.3 Å². The van der Waals surface area contributed by atoms with Crippen LogP contribution in [0.25, 0.3) is 5.76 Å². The van der Waals surface area contributed by atoms with E-state index < -0.39 is 11.0 Å². The van der Waals surface area contributed by atoms with Gasteiger partial charge in [-0.15, -0.1) is 11.3 Å². The monoisotopic (exact) mass is 303 g/mol. The highest BCUT2D eigenvalue weighted by molar-refractivity contribution is 7.85.